The van der Waals surface area contributed by atoms with Crippen molar-refractivity contribution in [3.05, 3.63) is 70.0 Å². The normalized spacial score (nSPS) is 10.9. The Labute approximate surface area is 202 Å². The van der Waals surface area contributed by atoms with Gasteiger partial charge in [-0.25, -0.2) is 14.8 Å². The molecule has 1 amide bonds. The predicted octanol–water partition coefficient (Wildman–Crippen LogP) is 2.19. The first-order valence-corrected chi connectivity index (χ1v) is 10.3. The molecule has 2 aromatic carbocycles. The van der Waals surface area contributed by atoms with E-state index in [1.165, 1.54) is 30.1 Å². The van der Waals surface area contributed by atoms with E-state index < -0.39 is 11.9 Å². The van der Waals surface area contributed by atoms with Crippen molar-refractivity contribution in [3.63, 3.8) is 0 Å². The van der Waals surface area contributed by atoms with Crippen LogP contribution >= 0.6 is 11.6 Å². The number of hydrogen-bond acceptors (Lipinski definition) is 11. The molecular formula is C21H17ClN8O5. The molecule has 0 fully saturated rings. The summed E-state index contributed by atoms with van der Waals surface area (Å²) in [5.74, 6) is -0.784. The number of amides is 1. The van der Waals surface area contributed by atoms with Crippen LogP contribution < -0.4 is 20.6 Å². The van der Waals surface area contributed by atoms with Crippen LogP contribution in [-0.4, -0.2) is 50.5 Å². The fourth-order valence-corrected chi connectivity index (χ4v) is 3.06. The van der Waals surface area contributed by atoms with E-state index in [2.05, 4.69) is 35.8 Å². The molecule has 2 aromatic heterocycles. The zero-order chi connectivity index (χ0) is 24.9. The number of ether oxygens (including phenoxy) is 2. The van der Waals surface area contributed by atoms with Crippen molar-refractivity contribution in [2.24, 2.45) is 5.10 Å². The first-order valence-electron chi connectivity index (χ1n) is 9.88. The molecule has 4 rings (SSSR count). The Balaban J connectivity index is 1.52. The minimum absolute atomic E-state index is 0.0123. The van der Waals surface area contributed by atoms with Crippen molar-refractivity contribution in [2.45, 2.75) is 6.92 Å². The summed E-state index contributed by atoms with van der Waals surface area (Å²) >= 11 is 5.87. The molecule has 0 radical (unpaired) electrons. The maximum Gasteiger partial charge on any atom is 0.343 e. The lowest BCUT2D eigenvalue weighted by molar-refractivity contribution is 0.0729. The third kappa shape index (κ3) is 4.94. The summed E-state index contributed by atoms with van der Waals surface area (Å²) in [6.07, 6.45) is 1.30. The number of hydrazone groups is 1. The number of nitrogens with zero attached hydrogens (tertiary/aromatic N) is 6. The van der Waals surface area contributed by atoms with E-state index in [9.17, 15) is 9.59 Å². The number of hydrogen-bond donors (Lipinski definition) is 2. The molecule has 0 saturated carbocycles. The minimum Gasteiger partial charge on any atom is -0.493 e. The van der Waals surface area contributed by atoms with E-state index in [-0.39, 0.29) is 28.6 Å². The number of carbonyl (C=O) groups is 2. The molecule has 2 heterocycles. The highest BCUT2D eigenvalue weighted by molar-refractivity contribution is 6.30. The fourth-order valence-electron chi connectivity index (χ4n) is 2.93. The summed E-state index contributed by atoms with van der Waals surface area (Å²) in [6, 6.07) is 11.1. The highest BCUT2D eigenvalue weighted by Crippen LogP contribution is 2.31. The van der Waals surface area contributed by atoms with Crippen LogP contribution in [0.15, 0.2) is 52.2 Å². The van der Waals surface area contributed by atoms with Gasteiger partial charge < -0.3 is 15.2 Å². The number of methoxy groups -OCH3 is 1. The van der Waals surface area contributed by atoms with Gasteiger partial charge in [-0.15, -0.1) is 5.10 Å². The van der Waals surface area contributed by atoms with Crippen LogP contribution in [0.3, 0.4) is 0 Å². The summed E-state index contributed by atoms with van der Waals surface area (Å²) in [5.41, 5.74) is 8.97. The number of halogens is 1. The summed E-state index contributed by atoms with van der Waals surface area (Å²) < 4.78 is 16.6. The van der Waals surface area contributed by atoms with Crippen LogP contribution in [0.25, 0.3) is 5.82 Å². The number of carbonyl (C=O) groups excluding carboxylic acids is 2. The molecule has 13 nitrogen and oxygen atoms in total. The number of para-hydroxylation sites is 1. The van der Waals surface area contributed by atoms with Crippen LogP contribution in [0.4, 0.5) is 5.82 Å². The highest BCUT2D eigenvalue weighted by atomic mass is 35.5. The molecule has 0 aliphatic carbocycles. The lowest BCUT2D eigenvalue weighted by atomic mass is 10.2. The lowest BCUT2D eigenvalue weighted by Gasteiger charge is -2.11. The standard InChI is InChI=1S/C21H17ClN8O5/c1-11-16(25-29-30(11)19-18(23)27-35-28-19)20(31)26-24-10-13-4-3-5-15(33-2)17(13)34-21(32)12-6-8-14(22)9-7-12/h3-10H,1-2H3,(H2,23,27)(H,26,31)/b24-10-. The smallest absolute Gasteiger partial charge is 0.343 e. The van der Waals surface area contributed by atoms with E-state index >= 15 is 0 Å². The zero-order valence-electron chi connectivity index (χ0n) is 18.3. The Morgan fingerprint density at radius 1 is 1.20 bits per heavy atom. The summed E-state index contributed by atoms with van der Waals surface area (Å²) in [6.45, 7) is 1.59. The molecule has 3 N–H and O–H groups in total. The van der Waals surface area contributed by atoms with E-state index in [4.69, 9.17) is 26.8 Å². The first kappa shape index (κ1) is 23.4. The number of nitrogen functional groups attached to an aromatic ring is 1. The van der Waals surface area contributed by atoms with Crippen LogP contribution in [0.5, 0.6) is 11.5 Å². The Morgan fingerprint density at radius 3 is 2.66 bits per heavy atom. The second kappa shape index (κ2) is 10.0. The Bertz CT molecular complexity index is 1410. The first-order chi connectivity index (χ1) is 16.9. The Morgan fingerprint density at radius 2 is 1.97 bits per heavy atom. The molecule has 0 aliphatic heterocycles. The quantitative estimate of drug-likeness (QED) is 0.167. The molecule has 0 atom stereocenters. The number of rotatable bonds is 7. The zero-order valence-corrected chi connectivity index (χ0v) is 19.1. The molecule has 0 spiro atoms. The van der Waals surface area contributed by atoms with Gasteiger partial charge in [-0.1, -0.05) is 22.9 Å². The number of esters is 1. The van der Waals surface area contributed by atoms with Crippen molar-refractivity contribution in [1.29, 1.82) is 0 Å². The molecule has 14 heteroatoms. The second-order valence-electron chi connectivity index (χ2n) is 6.88. The van der Waals surface area contributed by atoms with Crippen LogP contribution in [0, 0.1) is 6.92 Å². The maximum atomic E-state index is 12.6. The molecule has 4 aromatic rings. The number of aromatic nitrogens is 5. The van der Waals surface area contributed by atoms with E-state index in [1.54, 1.807) is 37.3 Å². The van der Waals surface area contributed by atoms with Crippen molar-refractivity contribution in [1.82, 2.24) is 30.7 Å². The van der Waals surface area contributed by atoms with Gasteiger partial charge in [0, 0.05) is 10.6 Å². The minimum atomic E-state index is -0.650. The van der Waals surface area contributed by atoms with Crippen LogP contribution in [0.1, 0.15) is 32.1 Å². The third-order valence-corrected chi connectivity index (χ3v) is 4.93. The van der Waals surface area contributed by atoms with Crippen molar-refractivity contribution in [3.8, 4) is 17.3 Å². The van der Waals surface area contributed by atoms with Gasteiger partial charge in [-0.2, -0.15) is 9.78 Å². The fraction of sp³-hybridized carbons (Fsp3) is 0.0952. The van der Waals surface area contributed by atoms with Crippen LogP contribution in [0.2, 0.25) is 5.02 Å². The molecule has 0 bridgehead atoms. The average Bonchev–Trinajstić information content (AvgIpc) is 3.44. The average molecular weight is 497 g/mol. The van der Waals surface area contributed by atoms with Crippen molar-refractivity contribution >= 4 is 35.5 Å². The van der Waals surface area contributed by atoms with Gasteiger partial charge in [0.1, 0.15) is 0 Å². The van der Waals surface area contributed by atoms with E-state index in [0.717, 1.165) is 0 Å². The van der Waals surface area contributed by atoms with Gasteiger partial charge in [0.2, 0.25) is 11.6 Å². The molecular weight excluding hydrogens is 480 g/mol. The lowest BCUT2D eigenvalue weighted by Crippen LogP contribution is -2.19. The van der Waals surface area contributed by atoms with Crippen LogP contribution in [-0.2, 0) is 0 Å². The highest BCUT2D eigenvalue weighted by Gasteiger charge is 2.21. The third-order valence-electron chi connectivity index (χ3n) is 4.68. The number of anilines is 1. The largest absolute Gasteiger partial charge is 0.493 e. The SMILES string of the molecule is COc1cccc(/C=N\NC(=O)c2nnn(-c3nonc3N)c2C)c1OC(=O)c1ccc(Cl)cc1. The van der Waals surface area contributed by atoms with E-state index in [0.29, 0.717) is 22.0 Å². The monoisotopic (exact) mass is 496 g/mol. The van der Waals surface area contributed by atoms with Gasteiger partial charge in [0.15, 0.2) is 17.2 Å². The maximum absolute atomic E-state index is 12.6. The predicted molar refractivity (Wildman–Crippen MR) is 123 cm³/mol. The topological polar surface area (TPSA) is 173 Å². The van der Waals surface area contributed by atoms with Gasteiger partial charge in [0.25, 0.3) is 5.91 Å². The number of nitrogens with two attached hydrogens (primary N) is 1. The molecule has 0 unspecified atom stereocenters. The number of benzene rings is 2. The van der Waals surface area contributed by atoms with Gasteiger partial charge in [-0.3, -0.25) is 4.79 Å². The summed E-state index contributed by atoms with van der Waals surface area (Å²) in [4.78, 5) is 25.2. The Kier molecular flexibility index (Phi) is 6.69. The van der Waals surface area contributed by atoms with Crippen molar-refractivity contribution < 1.29 is 23.7 Å². The van der Waals surface area contributed by atoms with Crippen molar-refractivity contribution in [2.75, 3.05) is 12.8 Å². The molecule has 0 saturated heterocycles. The summed E-state index contributed by atoms with van der Waals surface area (Å²) in [5, 5.41) is 19.2. The molecule has 35 heavy (non-hydrogen) atoms. The number of nitrogens with one attached hydrogen (secondary N) is 1. The second-order valence-corrected chi connectivity index (χ2v) is 7.32. The van der Waals surface area contributed by atoms with E-state index in [1.807, 2.05) is 0 Å². The summed E-state index contributed by atoms with van der Waals surface area (Å²) in [7, 11) is 1.43. The molecule has 178 valence electrons. The van der Waals surface area contributed by atoms with Gasteiger partial charge in [0.05, 0.1) is 24.6 Å². The van der Waals surface area contributed by atoms with Gasteiger partial charge >= 0.3 is 5.97 Å². The Hall–Kier alpha value is -4.78. The molecule has 0 aliphatic rings. The van der Waals surface area contributed by atoms with Gasteiger partial charge in [-0.05, 0) is 53.6 Å².